The van der Waals surface area contributed by atoms with Crippen LogP contribution in [0.1, 0.15) is 17.3 Å². The summed E-state index contributed by atoms with van der Waals surface area (Å²) >= 11 is 0. The predicted molar refractivity (Wildman–Crippen MR) is 55.3 cm³/mol. The van der Waals surface area contributed by atoms with Crippen LogP contribution in [0.4, 0.5) is 10.1 Å². The normalized spacial score (nSPS) is 16.0. The van der Waals surface area contributed by atoms with Crippen LogP contribution in [-0.2, 0) is 9.59 Å². The Kier molecular flexibility index (Phi) is 2.42. The lowest BCUT2D eigenvalue weighted by atomic mass is 10.1. The second-order valence-corrected chi connectivity index (χ2v) is 3.68. The number of ketones is 1. The zero-order valence-electron chi connectivity index (χ0n) is 8.81. The van der Waals surface area contributed by atoms with Crippen molar-refractivity contribution >= 4 is 23.3 Å². The third-order valence-electron chi connectivity index (χ3n) is 2.62. The number of rotatable bonds is 2. The van der Waals surface area contributed by atoms with Crippen molar-refractivity contribution in [3.8, 4) is 0 Å². The Balaban J connectivity index is 2.57. The molecule has 0 fully saturated rings. The molecular formula is C11H8FNO4. The summed E-state index contributed by atoms with van der Waals surface area (Å²) in [6, 6.07) is 2.00. The summed E-state index contributed by atoms with van der Waals surface area (Å²) < 4.78 is 13.1. The molecule has 5 nitrogen and oxygen atoms in total. The summed E-state index contributed by atoms with van der Waals surface area (Å²) in [5.41, 5.74) is 0.0411. The van der Waals surface area contributed by atoms with Crippen molar-refractivity contribution < 1.29 is 23.9 Å². The number of hydrogen-bond donors (Lipinski definition) is 1. The molecule has 1 unspecified atom stereocenters. The average molecular weight is 237 g/mol. The Bertz CT molecular complexity index is 540. The molecule has 1 aliphatic rings. The monoisotopic (exact) mass is 237 g/mol. The summed E-state index contributed by atoms with van der Waals surface area (Å²) in [6.07, 6.45) is 0. The number of nitrogens with zero attached hydrogens (tertiary/aromatic N) is 1. The van der Waals surface area contributed by atoms with Crippen molar-refractivity contribution in [1.82, 2.24) is 0 Å². The van der Waals surface area contributed by atoms with Crippen LogP contribution in [0.15, 0.2) is 18.2 Å². The van der Waals surface area contributed by atoms with Gasteiger partial charge in [-0.2, -0.15) is 0 Å². The first-order chi connectivity index (χ1) is 7.93. The van der Waals surface area contributed by atoms with Crippen molar-refractivity contribution in [2.24, 2.45) is 0 Å². The molecule has 1 amide bonds. The molecule has 0 bridgehead atoms. The second kappa shape index (κ2) is 3.65. The fourth-order valence-corrected chi connectivity index (χ4v) is 1.73. The molecule has 0 spiro atoms. The highest BCUT2D eigenvalue weighted by Crippen LogP contribution is 2.31. The van der Waals surface area contributed by atoms with Gasteiger partial charge in [0.1, 0.15) is 11.9 Å². The van der Waals surface area contributed by atoms with Crippen molar-refractivity contribution in [2.75, 3.05) is 4.90 Å². The third kappa shape index (κ3) is 1.57. The number of hydrogen-bond acceptors (Lipinski definition) is 3. The van der Waals surface area contributed by atoms with Gasteiger partial charge in [-0.3, -0.25) is 14.5 Å². The first-order valence-corrected chi connectivity index (χ1v) is 4.83. The van der Waals surface area contributed by atoms with Gasteiger partial charge < -0.3 is 5.11 Å². The van der Waals surface area contributed by atoms with Crippen LogP contribution < -0.4 is 4.90 Å². The quantitative estimate of drug-likeness (QED) is 0.773. The van der Waals surface area contributed by atoms with E-state index in [9.17, 15) is 18.8 Å². The summed E-state index contributed by atoms with van der Waals surface area (Å²) in [5.74, 6) is -3.65. The number of carboxylic acid groups (broad SMARTS) is 1. The highest BCUT2D eigenvalue weighted by molar-refractivity contribution is 6.52. The molecule has 1 N–H and O–H groups in total. The number of fused-ring (bicyclic) bond motifs is 1. The third-order valence-corrected chi connectivity index (χ3v) is 2.62. The number of carbonyl (C=O) groups is 3. The maximum absolute atomic E-state index is 13.1. The molecule has 0 aromatic heterocycles. The number of halogens is 1. The first-order valence-electron chi connectivity index (χ1n) is 4.83. The molecule has 2 rings (SSSR count). The largest absolute Gasteiger partial charge is 0.480 e. The van der Waals surface area contributed by atoms with Crippen LogP contribution >= 0.6 is 0 Å². The van der Waals surface area contributed by atoms with E-state index in [1.807, 2.05) is 0 Å². The van der Waals surface area contributed by atoms with E-state index in [1.165, 1.54) is 13.0 Å². The zero-order valence-corrected chi connectivity index (χ0v) is 8.81. The van der Waals surface area contributed by atoms with Crippen molar-refractivity contribution in [2.45, 2.75) is 13.0 Å². The maximum Gasteiger partial charge on any atom is 0.326 e. The molecule has 1 atom stereocenters. The number of aliphatic carboxylic acids is 1. The molecule has 0 radical (unpaired) electrons. The van der Waals surface area contributed by atoms with Crippen molar-refractivity contribution in [3.63, 3.8) is 0 Å². The van der Waals surface area contributed by atoms with E-state index in [1.54, 1.807) is 0 Å². The molecule has 17 heavy (non-hydrogen) atoms. The van der Waals surface area contributed by atoms with Gasteiger partial charge in [-0.1, -0.05) is 0 Å². The number of amides is 1. The summed E-state index contributed by atoms with van der Waals surface area (Å²) in [7, 11) is 0. The van der Waals surface area contributed by atoms with Gasteiger partial charge in [-0.25, -0.2) is 9.18 Å². The minimum absolute atomic E-state index is 0.00917. The molecule has 1 heterocycles. The van der Waals surface area contributed by atoms with Gasteiger partial charge in [0.2, 0.25) is 0 Å². The molecule has 0 saturated carbocycles. The Morgan fingerprint density at radius 2 is 2.06 bits per heavy atom. The SMILES string of the molecule is CC(C(=O)O)N1C(=O)C(=O)c2ccc(F)cc21. The highest BCUT2D eigenvalue weighted by atomic mass is 19.1. The van der Waals surface area contributed by atoms with E-state index in [0.717, 1.165) is 17.0 Å². The minimum Gasteiger partial charge on any atom is -0.480 e. The standard InChI is InChI=1S/C11H8FNO4/c1-5(11(16)17)13-8-4-6(12)2-3-7(8)9(14)10(13)15/h2-5H,1H3,(H,16,17). The molecule has 0 aliphatic carbocycles. The zero-order chi connectivity index (χ0) is 12.7. The van der Waals surface area contributed by atoms with Gasteiger partial charge >= 0.3 is 5.97 Å². The van der Waals surface area contributed by atoms with Crippen molar-refractivity contribution in [1.29, 1.82) is 0 Å². The first kappa shape index (κ1) is 11.3. The Labute approximate surface area is 95.5 Å². The van der Waals surface area contributed by atoms with Crippen molar-refractivity contribution in [3.05, 3.63) is 29.6 Å². The number of carboxylic acids is 1. The molecule has 1 aliphatic heterocycles. The molecular weight excluding hydrogens is 229 g/mol. The van der Waals surface area contributed by atoms with E-state index in [4.69, 9.17) is 5.11 Å². The lowest BCUT2D eigenvalue weighted by Gasteiger charge is -2.20. The molecule has 1 aromatic rings. The van der Waals surface area contributed by atoms with Gasteiger partial charge in [0, 0.05) is 0 Å². The number of Topliss-reactive ketones (excluding diaryl/α,β-unsaturated/α-hetero) is 1. The lowest BCUT2D eigenvalue weighted by molar-refractivity contribution is -0.139. The van der Waals surface area contributed by atoms with E-state index < -0.39 is 29.5 Å². The topological polar surface area (TPSA) is 74.7 Å². The average Bonchev–Trinajstić information content (AvgIpc) is 2.50. The molecule has 88 valence electrons. The van der Waals surface area contributed by atoms with E-state index in [-0.39, 0.29) is 11.3 Å². The smallest absolute Gasteiger partial charge is 0.326 e. The van der Waals surface area contributed by atoms with Gasteiger partial charge in [0.25, 0.3) is 11.7 Å². The number of anilines is 1. The van der Waals surface area contributed by atoms with Crippen LogP contribution in [-0.4, -0.2) is 28.8 Å². The molecule has 6 heteroatoms. The summed E-state index contributed by atoms with van der Waals surface area (Å²) in [5, 5.41) is 8.84. The fraction of sp³-hybridized carbons (Fsp3) is 0.182. The minimum atomic E-state index is -1.26. The van der Waals surface area contributed by atoms with Gasteiger partial charge in [0.15, 0.2) is 0 Å². The molecule has 0 saturated heterocycles. The summed E-state index contributed by atoms with van der Waals surface area (Å²) in [4.78, 5) is 34.8. The highest BCUT2D eigenvalue weighted by Gasteiger charge is 2.40. The van der Waals surface area contributed by atoms with Crippen LogP contribution in [0.5, 0.6) is 0 Å². The van der Waals surface area contributed by atoms with Gasteiger partial charge in [-0.05, 0) is 25.1 Å². The fourth-order valence-electron chi connectivity index (χ4n) is 1.73. The lowest BCUT2D eigenvalue weighted by Crippen LogP contribution is -2.42. The van der Waals surface area contributed by atoms with E-state index >= 15 is 0 Å². The predicted octanol–water partition coefficient (Wildman–Crippen LogP) is 0.828. The van der Waals surface area contributed by atoms with Crippen LogP contribution in [0, 0.1) is 5.82 Å². The number of benzene rings is 1. The summed E-state index contributed by atoms with van der Waals surface area (Å²) in [6.45, 7) is 1.26. The van der Waals surface area contributed by atoms with Crippen LogP contribution in [0.2, 0.25) is 0 Å². The Hall–Kier alpha value is -2.24. The van der Waals surface area contributed by atoms with E-state index in [2.05, 4.69) is 0 Å². The number of carbonyl (C=O) groups excluding carboxylic acids is 2. The van der Waals surface area contributed by atoms with Crippen LogP contribution in [0.3, 0.4) is 0 Å². The Morgan fingerprint density at radius 3 is 2.65 bits per heavy atom. The van der Waals surface area contributed by atoms with Gasteiger partial charge in [0.05, 0.1) is 11.3 Å². The Morgan fingerprint density at radius 1 is 1.41 bits per heavy atom. The van der Waals surface area contributed by atoms with Gasteiger partial charge in [-0.15, -0.1) is 0 Å². The maximum atomic E-state index is 13.1. The van der Waals surface area contributed by atoms with E-state index in [0.29, 0.717) is 0 Å². The second-order valence-electron chi connectivity index (χ2n) is 3.68. The van der Waals surface area contributed by atoms with Crippen LogP contribution in [0.25, 0.3) is 0 Å². The molecule has 1 aromatic carbocycles.